The van der Waals surface area contributed by atoms with Gasteiger partial charge < -0.3 is 5.32 Å². The van der Waals surface area contributed by atoms with Crippen molar-refractivity contribution < 1.29 is 0 Å². The van der Waals surface area contributed by atoms with Crippen molar-refractivity contribution in [1.82, 2.24) is 10.2 Å². The van der Waals surface area contributed by atoms with E-state index >= 15 is 0 Å². The summed E-state index contributed by atoms with van der Waals surface area (Å²) in [6.45, 7) is 10.4. The van der Waals surface area contributed by atoms with Crippen molar-refractivity contribution >= 4 is 0 Å². The van der Waals surface area contributed by atoms with E-state index in [-0.39, 0.29) is 0 Å². The van der Waals surface area contributed by atoms with E-state index in [1.165, 1.54) is 31.5 Å². The lowest BCUT2D eigenvalue weighted by Gasteiger charge is -2.39. The Labute approximate surface area is 118 Å². The summed E-state index contributed by atoms with van der Waals surface area (Å²) in [5.41, 5.74) is 1.47. The maximum absolute atomic E-state index is 3.67. The highest BCUT2D eigenvalue weighted by Crippen LogP contribution is 2.25. The molecule has 0 radical (unpaired) electrons. The summed E-state index contributed by atoms with van der Waals surface area (Å²) in [6.07, 6.45) is 2.47. The number of nitrogens with zero attached hydrogens (tertiary/aromatic N) is 1. The molecule has 0 saturated carbocycles. The Bertz CT molecular complexity index is 361. The molecule has 106 valence electrons. The highest BCUT2D eigenvalue weighted by molar-refractivity contribution is 5.19. The van der Waals surface area contributed by atoms with Gasteiger partial charge in [-0.05, 0) is 24.3 Å². The fourth-order valence-electron chi connectivity index (χ4n) is 3.24. The maximum Gasteiger partial charge on any atom is 0.0346 e. The Morgan fingerprint density at radius 3 is 2.63 bits per heavy atom. The molecule has 2 nitrogen and oxygen atoms in total. The summed E-state index contributed by atoms with van der Waals surface area (Å²) < 4.78 is 0. The van der Waals surface area contributed by atoms with E-state index in [0.717, 1.165) is 12.5 Å². The fourth-order valence-corrected chi connectivity index (χ4v) is 3.24. The number of hydrogen-bond donors (Lipinski definition) is 1. The van der Waals surface area contributed by atoms with Gasteiger partial charge >= 0.3 is 0 Å². The third-order valence-electron chi connectivity index (χ3n) is 4.05. The first kappa shape index (κ1) is 14.5. The molecule has 19 heavy (non-hydrogen) atoms. The lowest BCUT2D eigenvalue weighted by Crippen LogP contribution is -2.51. The maximum atomic E-state index is 3.67. The van der Waals surface area contributed by atoms with Crippen LogP contribution < -0.4 is 5.32 Å². The van der Waals surface area contributed by atoms with Gasteiger partial charge in [0.1, 0.15) is 0 Å². The first-order valence-corrected chi connectivity index (χ1v) is 7.73. The van der Waals surface area contributed by atoms with Crippen LogP contribution in [0.1, 0.15) is 45.2 Å². The van der Waals surface area contributed by atoms with Gasteiger partial charge in [0, 0.05) is 31.7 Å². The second kappa shape index (κ2) is 7.06. The molecule has 1 aromatic rings. The summed E-state index contributed by atoms with van der Waals surface area (Å²) in [4.78, 5) is 2.67. The minimum Gasteiger partial charge on any atom is -0.311 e. The molecule has 0 aromatic heterocycles. The highest BCUT2D eigenvalue weighted by atomic mass is 15.2. The molecule has 0 spiro atoms. The van der Waals surface area contributed by atoms with Crippen molar-refractivity contribution in [2.45, 2.75) is 45.7 Å². The van der Waals surface area contributed by atoms with Crippen LogP contribution in [-0.2, 0) is 0 Å². The molecule has 1 heterocycles. The van der Waals surface area contributed by atoms with Crippen LogP contribution in [0.4, 0.5) is 0 Å². The zero-order valence-corrected chi connectivity index (χ0v) is 12.6. The van der Waals surface area contributed by atoms with E-state index in [4.69, 9.17) is 0 Å². The average Bonchev–Trinajstić information content (AvgIpc) is 2.40. The van der Waals surface area contributed by atoms with Gasteiger partial charge in [0.25, 0.3) is 0 Å². The van der Waals surface area contributed by atoms with Crippen molar-refractivity contribution in [3.05, 3.63) is 35.9 Å². The molecule has 0 aliphatic carbocycles. The van der Waals surface area contributed by atoms with Crippen molar-refractivity contribution in [3.8, 4) is 0 Å². The summed E-state index contributed by atoms with van der Waals surface area (Å²) in [7, 11) is 0. The summed E-state index contributed by atoms with van der Waals surface area (Å²) in [6, 6.07) is 12.2. The van der Waals surface area contributed by atoms with Gasteiger partial charge in [-0.15, -0.1) is 0 Å². The van der Waals surface area contributed by atoms with Gasteiger partial charge in [-0.1, -0.05) is 51.1 Å². The van der Waals surface area contributed by atoms with Gasteiger partial charge in [-0.25, -0.2) is 0 Å². The minimum absolute atomic E-state index is 0.581. The van der Waals surface area contributed by atoms with E-state index in [9.17, 15) is 0 Å². The van der Waals surface area contributed by atoms with E-state index < -0.39 is 0 Å². The minimum atomic E-state index is 0.581. The zero-order valence-electron chi connectivity index (χ0n) is 12.6. The molecular formula is C17H28N2. The summed E-state index contributed by atoms with van der Waals surface area (Å²) in [5, 5.41) is 3.67. The summed E-state index contributed by atoms with van der Waals surface area (Å²) >= 11 is 0. The molecule has 2 unspecified atom stereocenters. The second-order valence-corrected chi connectivity index (χ2v) is 6.11. The van der Waals surface area contributed by atoms with Crippen molar-refractivity contribution in [2.24, 2.45) is 5.92 Å². The Morgan fingerprint density at radius 1 is 1.26 bits per heavy atom. The summed E-state index contributed by atoms with van der Waals surface area (Å²) in [5.74, 6) is 0.772. The largest absolute Gasteiger partial charge is 0.311 e. The molecule has 1 N–H and O–H groups in total. The van der Waals surface area contributed by atoms with Crippen LogP contribution in [0.2, 0.25) is 0 Å². The molecule has 1 aliphatic rings. The van der Waals surface area contributed by atoms with Crippen LogP contribution in [-0.4, -0.2) is 30.6 Å². The third-order valence-corrected chi connectivity index (χ3v) is 4.05. The van der Waals surface area contributed by atoms with Gasteiger partial charge in [0.05, 0.1) is 0 Å². The average molecular weight is 260 g/mol. The number of nitrogens with one attached hydrogen (secondary N) is 1. The molecular weight excluding hydrogens is 232 g/mol. The lowest BCUT2D eigenvalue weighted by molar-refractivity contribution is 0.131. The second-order valence-electron chi connectivity index (χ2n) is 6.11. The lowest BCUT2D eigenvalue weighted by atomic mass is 9.98. The molecule has 2 rings (SSSR count). The van der Waals surface area contributed by atoms with Crippen molar-refractivity contribution in [2.75, 3.05) is 19.6 Å². The molecule has 0 bridgehead atoms. The predicted molar refractivity (Wildman–Crippen MR) is 82.3 cm³/mol. The van der Waals surface area contributed by atoms with E-state index in [1.54, 1.807) is 0 Å². The van der Waals surface area contributed by atoms with E-state index in [2.05, 4.69) is 61.3 Å². The molecule has 0 amide bonds. The fraction of sp³-hybridized carbons (Fsp3) is 0.647. The number of hydrogen-bond acceptors (Lipinski definition) is 2. The first-order valence-electron chi connectivity index (χ1n) is 7.73. The van der Waals surface area contributed by atoms with Crippen LogP contribution in [0.15, 0.2) is 30.3 Å². The van der Waals surface area contributed by atoms with Crippen LogP contribution >= 0.6 is 0 Å². The Balaban J connectivity index is 2.02. The third kappa shape index (κ3) is 4.05. The normalized spacial score (nSPS) is 22.6. The first-order chi connectivity index (χ1) is 9.20. The van der Waals surface area contributed by atoms with Gasteiger partial charge in [0.15, 0.2) is 0 Å². The van der Waals surface area contributed by atoms with Crippen LogP contribution in [0.25, 0.3) is 0 Å². The van der Waals surface area contributed by atoms with Gasteiger partial charge in [0.2, 0.25) is 0 Å². The van der Waals surface area contributed by atoms with Gasteiger partial charge in [-0.2, -0.15) is 0 Å². The molecule has 1 saturated heterocycles. The Morgan fingerprint density at radius 2 is 2.00 bits per heavy atom. The van der Waals surface area contributed by atoms with Crippen LogP contribution in [0, 0.1) is 5.92 Å². The number of benzene rings is 1. The Hall–Kier alpha value is -0.860. The molecule has 1 aromatic carbocycles. The van der Waals surface area contributed by atoms with E-state index in [1.807, 2.05) is 0 Å². The smallest absolute Gasteiger partial charge is 0.0346 e. The zero-order chi connectivity index (χ0) is 13.7. The molecule has 1 aliphatic heterocycles. The monoisotopic (exact) mass is 260 g/mol. The van der Waals surface area contributed by atoms with Crippen molar-refractivity contribution in [3.63, 3.8) is 0 Å². The quantitative estimate of drug-likeness (QED) is 0.872. The predicted octanol–water partition coefficient (Wildman–Crippen LogP) is 3.46. The number of rotatable bonds is 5. The van der Waals surface area contributed by atoms with Crippen LogP contribution in [0.5, 0.6) is 0 Å². The standard InChI is InChI=1S/C17H28N2/c1-4-17(15-8-6-5-7-9-15)19-11-10-18-16(13-19)12-14(2)3/h5-9,14,16-18H,4,10-13H2,1-3H3. The van der Waals surface area contributed by atoms with Crippen molar-refractivity contribution in [1.29, 1.82) is 0 Å². The molecule has 1 fully saturated rings. The van der Waals surface area contributed by atoms with Gasteiger partial charge in [-0.3, -0.25) is 4.90 Å². The van der Waals surface area contributed by atoms with E-state index in [0.29, 0.717) is 12.1 Å². The highest BCUT2D eigenvalue weighted by Gasteiger charge is 2.25. The van der Waals surface area contributed by atoms with Crippen LogP contribution in [0.3, 0.4) is 0 Å². The molecule has 2 atom stereocenters. The molecule has 2 heteroatoms. The Kier molecular flexibility index (Phi) is 5.41. The SMILES string of the molecule is CCC(c1ccccc1)N1CCNC(CC(C)C)C1. The number of piperazine rings is 1. The topological polar surface area (TPSA) is 15.3 Å².